The third kappa shape index (κ3) is 2.36. The van der Waals surface area contributed by atoms with Crippen LogP contribution in [0.15, 0.2) is 0 Å². The maximum absolute atomic E-state index is 11.8. The van der Waals surface area contributed by atoms with Crippen LogP contribution in [0.2, 0.25) is 0 Å². The summed E-state index contributed by atoms with van der Waals surface area (Å²) in [5.41, 5.74) is 0. The van der Waals surface area contributed by atoms with Gasteiger partial charge < -0.3 is 0 Å². The molecule has 1 rings (SSSR count). The van der Waals surface area contributed by atoms with Gasteiger partial charge >= 0.3 is 0 Å². The van der Waals surface area contributed by atoms with E-state index in [2.05, 4.69) is 0 Å². The summed E-state index contributed by atoms with van der Waals surface area (Å²) in [4.78, 5) is 11.2. The normalized spacial score (nSPS) is 25.9. The fourth-order valence-electron chi connectivity index (χ4n) is 1.50. The number of nitrogens with zero attached hydrogens (tertiary/aromatic N) is 2. The van der Waals surface area contributed by atoms with Crippen molar-refractivity contribution in [3.05, 3.63) is 0 Å². The van der Waals surface area contributed by atoms with Crippen LogP contribution in [0, 0.1) is 17.2 Å². The molecule has 0 saturated carbocycles. The van der Waals surface area contributed by atoms with Gasteiger partial charge in [0.2, 0.25) is 10.0 Å². The first-order valence-corrected chi connectivity index (χ1v) is 6.31. The van der Waals surface area contributed by atoms with Gasteiger partial charge in [-0.15, -0.1) is 0 Å². The monoisotopic (exact) mass is 230 g/mol. The summed E-state index contributed by atoms with van der Waals surface area (Å²) in [6.45, 7) is 3.47. The highest BCUT2D eigenvalue weighted by Crippen LogP contribution is 2.18. The standard InChI is InChI=1S/C9H14N2O3S/c1-7-6-11(4-3-9(7)12)15(13,14)8(2)5-10/h7-8H,3-4,6H2,1-2H3. The predicted octanol–water partition coefficient (Wildman–Crippen LogP) is 0.139. The van der Waals surface area contributed by atoms with Gasteiger partial charge in [-0.05, 0) is 6.92 Å². The maximum atomic E-state index is 11.8. The zero-order valence-corrected chi connectivity index (χ0v) is 9.62. The molecule has 0 aromatic heterocycles. The number of nitriles is 1. The van der Waals surface area contributed by atoms with E-state index in [1.165, 1.54) is 11.2 Å². The molecule has 1 aliphatic rings. The van der Waals surface area contributed by atoms with Gasteiger partial charge in [0.05, 0.1) is 6.07 Å². The summed E-state index contributed by atoms with van der Waals surface area (Å²) in [7, 11) is -3.55. The molecule has 6 heteroatoms. The molecular formula is C9H14N2O3S. The summed E-state index contributed by atoms with van der Waals surface area (Å²) in [6, 6.07) is 1.71. The molecule has 2 atom stereocenters. The Bertz CT molecular complexity index is 396. The predicted molar refractivity (Wildman–Crippen MR) is 54.4 cm³/mol. The van der Waals surface area contributed by atoms with E-state index >= 15 is 0 Å². The number of hydrogen-bond donors (Lipinski definition) is 0. The second kappa shape index (κ2) is 4.29. The minimum atomic E-state index is -3.55. The molecule has 0 aromatic rings. The van der Waals surface area contributed by atoms with E-state index in [1.807, 2.05) is 0 Å². The first-order chi connectivity index (χ1) is 6.89. The van der Waals surface area contributed by atoms with Gasteiger partial charge in [0, 0.05) is 25.4 Å². The molecule has 15 heavy (non-hydrogen) atoms. The lowest BCUT2D eigenvalue weighted by atomic mass is 10.0. The van der Waals surface area contributed by atoms with E-state index < -0.39 is 15.3 Å². The van der Waals surface area contributed by atoms with Crippen LogP contribution < -0.4 is 0 Å². The van der Waals surface area contributed by atoms with Crippen LogP contribution in [-0.2, 0) is 14.8 Å². The number of piperidine rings is 1. The Morgan fingerprint density at radius 2 is 2.20 bits per heavy atom. The molecule has 0 aliphatic carbocycles. The molecule has 1 heterocycles. The van der Waals surface area contributed by atoms with Crippen molar-refractivity contribution in [2.75, 3.05) is 13.1 Å². The number of sulfonamides is 1. The average molecular weight is 230 g/mol. The second-order valence-electron chi connectivity index (χ2n) is 3.79. The fourth-order valence-corrected chi connectivity index (χ4v) is 2.86. The van der Waals surface area contributed by atoms with Crippen molar-refractivity contribution in [1.82, 2.24) is 4.31 Å². The number of carbonyl (C=O) groups is 1. The Hall–Kier alpha value is -0.930. The van der Waals surface area contributed by atoms with Gasteiger partial charge in [-0.3, -0.25) is 4.79 Å². The third-order valence-electron chi connectivity index (χ3n) is 2.62. The summed E-state index contributed by atoms with van der Waals surface area (Å²) in [6.07, 6.45) is 0.249. The van der Waals surface area contributed by atoms with Crippen molar-refractivity contribution < 1.29 is 13.2 Å². The summed E-state index contributed by atoms with van der Waals surface area (Å²) >= 11 is 0. The lowest BCUT2D eigenvalue weighted by Gasteiger charge is -2.29. The minimum Gasteiger partial charge on any atom is -0.299 e. The molecule has 0 aromatic carbocycles. The van der Waals surface area contributed by atoms with Gasteiger partial charge in [-0.25, -0.2) is 8.42 Å². The molecule has 0 bridgehead atoms. The molecule has 1 saturated heterocycles. The van der Waals surface area contributed by atoms with Crippen molar-refractivity contribution in [1.29, 1.82) is 5.26 Å². The van der Waals surface area contributed by atoms with Crippen molar-refractivity contribution >= 4 is 15.8 Å². The highest BCUT2D eigenvalue weighted by Gasteiger charge is 2.34. The molecule has 84 valence electrons. The molecule has 1 aliphatic heterocycles. The molecule has 5 nitrogen and oxygen atoms in total. The van der Waals surface area contributed by atoms with Crippen LogP contribution in [0.25, 0.3) is 0 Å². The third-order valence-corrected chi connectivity index (χ3v) is 4.67. The van der Waals surface area contributed by atoms with E-state index in [0.29, 0.717) is 0 Å². The first-order valence-electron chi connectivity index (χ1n) is 4.81. The summed E-state index contributed by atoms with van der Waals surface area (Å²) in [5.74, 6) is -0.175. The molecule has 1 fully saturated rings. The van der Waals surface area contributed by atoms with Crippen LogP contribution in [-0.4, -0.2) is 36.8 Å². The molecule has 0 spiro atoms. The smallest absolute Gasteiger partial charge is 0.230 e. The van der Waals surface area contributed by atoms with Crippen molar-refractivity contribution in [2.45, 2.75) is 25.5 Å². The summed E-state index contributed by atoms with van der Waals surface area (Å²) < 4.78 is 24.8. The molecule has 0 amide bonds. The Kier molecular flexibility index (Phi) is 3.47. The van der Waals surface area contributed by atoms with Crippen molar-refractivity contribution in [2.24, 2.45) is 5.92 Å². The van der Waals surface area contributed by atoms with Crippen LogP contribution in [0.3, 0.4) is 0 Å². The Morgan fingerprint density at radius 1 is 1.60 bits per heavy atom. The van der Waals surface area contributed by atoms with Crippen LogP contribution in [0.1, 0.15) is 20.3 Å². The van der Waals surface area contributed by atoms with Crippen LogP contribution in [0.4, 0.5) is 0 Å². The van der Waals surface area contributed by atoms with Crippen molar-refractivity contribution in [3.63, 3.8) is 0 Å². The largest absolute Gasteiger partial charge is 0.299 e. The fraction of sp³-hybridized carbons (Fsp3) is 0.778. The summed E-state index contributed by atoms with van der Waals surface area (Å²) in [5, 5.41) is 7.55. The van der Waals surface area contributed by atoms with E-state index in [4.69, 9.17) is 5.26 Å². The first kappa shape index (κ1) is 12.1. The lowest BCUT2D eigenvalue weighted by molar-refractivity contribution is -0.124. The zero-order valence-electron chi connectivity index (χ0n) is 8.80. The molecule has 0 N–H and O–H groups in total. The van der Waals surface area contributed by atoms with Gasteiger partial charge in [-0.2, -0.15) is 9.57 Å². The van der Waals surface area contributed by atoms with Crippen molar-refractivity contribution in [3.8, 4) is 6.07 Å². The quantitative estimate of drug-likeness (QED) is 0.676. The van der Waals surface area contributed by atoms with E-state index in [9.17, 15) is 13.2 Å². The highest BCUT2D eigenvalue weighted by atomic mass is 32.2. The topological polar surface area (TPSA) is 78.2 Å². The number of ketones is 1. The minimum absolute atomic E-state index is 0.0889. The average Bonchev–Trinajstić information content (AvgIpc) is 2.20. The zero-order chi connectivity index (χ0) is 11.6. The molecule has 2 unspecified atom stereocenters. The van der Waals surface area contributed by atoms with Crippen LogP contribution in [0.5, 0.6) is 0 Å². The molecule has 0 radical (unpaired) electrons. The second-order valence-corrected chi connectivity index (χ2v) is 6.05. The van der Waals surface area contributed by atoms with E-state index in [-0.39, 0.29) is 31.2 Å². The number of hydrogen-bond acceptors (Lipinski definition) is 4. The number of rotatable bonds is 2. The van der Waals surface area contributed by atoms with E-state index in [1.54, 1.807) is 13.0 Å². The van der Waals surface area contributed by atoms with Crippen LogP contribution >= 0.6 is 0 Å². The van der Waals surface area contributed by atoms with Gasteiger partial charge in [0.25, 0.3) is 0 Å². The van der Waals surface area contributed by atoms with E-state index in [0.717, 1.165) is 0 Å². The SMILES string of the molecule is CC1CN(S(=O)(=O)C(C)C#N)CCC1=O. The molecular weight excluding hydrogens is 216 g/mol. The Morgan fingerprint density at radius 3 is 2.67 bits per heavy atom. The lowest BCUT2D eigenvalue weighted by Crippen LogP contribution is -2.45. The maximum Gasteiger partial charge on any atom is 0.230 e. The Labute approximate surface area is 89.7 Å². The van der Waals surface area contributed by atoms with Gasteiger partial charge in [0.1, 0.15) is 5.78 Å². The Balaban J connectivity index is 2.83. The number of carbonyl (C=O) groups excluding carboxylic acids is 1. The van der Waals surface area contributed by atoms with Gasteiger partial charge in [0.15, 0.2) is 5.25 Å². The highest BCUT2D eigenvalue weighted by molar-refractivity contribution is 7.89. The number of Topliss-reactive ketones (excluding diaryl/α,β-unsaturated/α-hetero) is 1. The van der Waals surface area contributed by atoms with Gasteiger partial charge in [-0.1, -0.05) is 6.92 Å².